The van der Waals surface area contributed by atoms with Gasteiger partial charge in [0.15, 0.2) is 0 Å². The van der Waals surface area contributed by atoms with E-state index < -0.39 is 23.7 Å². The van der Waals surface area contributed by atoms with E-state index >= 15 is 0 Å². The number of hydrogen-bond acceptors (Lipinski definition) is 2. The van der Waals surface area contributed by atoms with Crippen LogP contribution in [0.2, 0.25) is 0 Å². The van der Waals surface area contributed by atoms with Crippen LogP contribution in [0, 0.1) is 36.4 Å². The molecule has 1 aromatic carbocycles. The van der Waals surface area contributed by atoms with Crippen molar-refractivity contribution in [2.45, 2.75) is 103 Å². The van der Waals surface area contributed by atoms with Crippen molar-refractivity contribution in [3.8, 4) is 5.75 Å². The smallest absolute Gasteiger partial charge is 0.422 e. The molecule has 0 spiro atoms. The first-order chi connectivity index (χ1) is 16.3. The minimum Gasteiger partial charge on any atom is -0.492 e. The number of unbranched alkanes of at least 4 members (excludes halogenated alkanes) is 2. The zero-order valence-corrected chi connectivity index (χ0v) is 20.7. The number of rotatable bonds is 9. The van der Waals surface area contributed by atoms with Crippen LogP contribution in [0.15, 0.2) is 6.07 Å². The van der Waals surface area contributed by atoms with Gasteiger partial charge in [-0.1, -0.05) is 45.4 Å². The lowest BCUT2D eigenvalue weighted by molar-refractivity contribution is -0.141. The normalized spacial score (nSPS) is 29.8. The minimum atomic E-state index is -4.80. The lowest BCUT2D eigenvalue weighted by Gasteiger charge is -2.38. The molecule has 2 saturated carbocycles. The number of benzene rings is 1. The number of alkyl halides is 3. The Morgan fingerprint density at radius 1 is 0.941 bits per heavy atom. The van der Waals surface area contributed by atoms with Gasteiger partial charge in [0.25, 0.3) is 0 Å². The van der Waals surface area contributed by atoms with Crippen molar-refractivity contribution in [3.63, 3.8) is 0 Å². The lowest BCUT2D eigenvalue weighted by atomic mass is 9.69. The number of epoxide rings is 1. The Morgan fingerprint density at radius 2 is 1.53 bits per heavy atom. The maximum absolute atomic E-state index is 14.8. The Bertz CT molecular complexity index is 802. The predicted octanol–water partition coefficient (Wildman–Crippen LogP) is 8.80. The molecule has 2 aliphatic carbocycles. The van der Waals surface area contributed by atoms with Crippen molar-refractivity contribution in [2.24, 2.45) is 23.7 Å². The first kappa shape index (κ1) is 25.8. The Balaban J connectivity index is 1.28. The number of ether oxygens (including phenoxy) is 2. The topological polar surface area (TPSA) is 21.8 Å². The maximum Gasteiger partial charge on any atom is 0.422 e. The molecule has 1 unspecified atom stereocenters. The van der Waals surface area contributed by atoms with Gasteiger partial charge in [-0.15, -0.1) is 0 Å². The molecule has 34 heavy (non-hydrogen) atoms. The predicted molar refractivity (Wildman–Crippen MR) is 125 cm³/mol. The minimum absolute atomic E-state index is 0.0160. The summed E-state index contributed by atoms with van der Waals surface area (Å²) in [5.74, 6) is 1.11. The third-order valence-electron chi connectivity index (χ3n) is 8.52. The van der Waals surface area contributed by atoms with Crippen LogP contribution < -0.4 is 4.74 Å². The van der Waals surface area contributed by atoms with Gasteiger partial charge in [-0.3, -0.25) is 0 Å². The van der Waals surface area contributed by atoms with E-state index in [2.05, 4.69) is 6.92 Å². The van der Waals surface area contributed by atoms with E-state index in [0.29, 0.717) is 5.56 Å². The van der Waals surface area contributed by atoms with Crippen molar-refractivity contribution in [3.05, 3.63) is 28.6 Å². The molecule has 1 heterocycles. The van der Waals surface area contributed by atoms with Crippen LogP contribution in [0.4, 0.5) is 17.6 Å². The molecule has 3 aliphatic rings. The Labute approximate surface area is 201 Å². The van der Waals surface area contributed by atoms with Crippen molar-refractivity contribution >= 4 is 0 Å². The van der Waals surface area contributed by atoms with Gasteiger partial charge in [-0.05, 0) is 80.8 Å². The van der Waals surface area contributed by atoms with Crippen LogP contribution >= 0.6 is 0 Å². The molecule has 0 N–H and O–H groups in total. The average molecular weight is 485 g/mol. The largest absolute Gasteiger partial charge is 0.492 e. The number of halogens is 4. The van der Waals surface area contributed by atoms with Gasteiger partial charge in [0.1, 0.15) is 23.2 Å². The first-order valence-corrected chi connectivity index (χ1v) is 13.4. The molecule has 6 heteroatoms. The van der Waals surface area contributed by atoms with Gasteiger partial charge >= 0.3 is 6.18 Å². The van der Waals surface area contributed by atoms with Gasteiger partial charge in [-0.25, -0.2) is 4.39 Å². The summed E-state index contributed by atoms with van der Waals surface area (Å²) in [5, 5.41) is 0. The SMILES string of the molecule is CCCCCC1CCC(C2CCC(COc3c(C)cc(C4CO4)c(F)c3C(F)(F)F)CC2)CC1. The summed E-state index contributed by atoms with van der Waals surface area (Å²) < 4.78 is 66.7. The van der Waals surface area contributed by atoms with Crippen LogP contribution in [0.5, 0.6) is 5.75 Å². The lowest BCUT2D eigenvalue weighted by Crippen LogP contribution is -2.28. The molecule has 1 aromatic rings. The van der Waals surface area contributed by atoms with Crippen LogP contribution in [0.25, 0.3) is 0 Å². The molecule has 1 saturated heterocycles. The third-order valence-corrected chi connectivity index (χ3v) is 8.52. The summed E-state index contributed by atoms with van der Waals surface area (Å²) in [6, 6.07) is 1.45. The number of hydrogen-bond donors (Lipinski definition) is 0. The Morgan fingerprint density at radius 3 is 2.06 bits per heavy atom. The van der Waals surface area contributed by atoms with Crippen molar-refractivity contribution in [1.82, 2.24) is 0 Å². The molecule has 2 nitrogen and oxygen atoms in total. The van der Waals surface area contributed by atoms with E-state index in [4.69, 9.17) is 9.47 Å². The fraction of sp³-hybridized carbons (Fsp3) is 0.786. The molecule has 0 aromatic heterocycles. The summed E-state index contributed by atoms with van der Waals surface area (Å²) in [6.07, 6.45) is 9.67. The van der Waals surface area contributed by atoms with Gasteiger partial charge in [0, 0.05) is 5.56 Å². The molecule has 4 rings (SSSR count). The average Bonchev–Trinajstić information content (AvgIpc) is 3.65. The molecule has 0 radical (unpaired) electrons. The van der Waals surface area contributed by atoms with E-state index in [1.807, 2.05) is 0 Å². The maximum atomic E-state index is 14.8. The van der Waals surface area contributed by atoms with E-state index in [1.54, 1.807) is 6.92 Å². The third kappa shape index (κ3) is 6.27. The molecule has 0 bridgehead atoms. The molecule has 1 atom stereocenters. The second-order valence-corrected chi connectivity index (χ2v) is 11.0. The standard InChI is InChI=1S/C28H40F4O2/c1-3-4-5-6-19-7-11-21(12-8-19)22-13-9-20(10-14-22)16-34-27-18(2)15-23(24-17-33-24)26(29)25(27)28(30,31)32/h15,19-22,24H,3-14,16-17H2,1-2H3. The monoisotopic (exact) mass is 484 g/mol. The highest BCUT2D eigenvalue weighted by atomic mass is 19.4. The highest BCUT2D eigenvalue weighted by Crippen LogP contribution is 2.46. The molecule has 3 fully saturated rings. The van der Waals surface area contributed by atoms with Crippen molar-refractivity contribution in [2.75, 3.05) is 13.2 Å². The second kappa shape index (κ2) is 11.2. The summed E-state index contributed by atoms with van der Waals surface area (Å²) in [4.78, 5) is 0. The van der Waals surface area contributed by atoms with Gasteiger partial charge < -0.3 is 9.47 Å². The van der Waals surface area contributed by atoms with Gasteiger partial charge in [0.2, 0.25) is 0 Å². The Kier molecular flexibility index (Phi) is 8.48. The summed E-state index contributed by atoms with van der Waals surface area (Å²) >= 11 is 0. The summed E-state index contributed by atoms with van der Waals surface area (Å²) in [7, 11) is 0. The summed E-state index contributed by atoms with van der Waals surface area (Å²) in [6.45, 7) is 4.30. The van der Waals surface area contributed by atoms with Crippen LogP contribution in [-0.2, 0) is 10.9 Å². The van der Waals surface area contributed by atoms with Crippen LogP contribution in [-0.4, -0.2) is 13.2 Å². The van der Waals surface area contributed by atoms with E-state index in [-0.39, 0.29) is 30.4 Å². The molecular weight excluding hydrogens is 444 g/mol. The van der Waals surface area contributed by atoms with Gasteiger partial charge in [-0.2, -0.15) is 13.2 Å². The van der Waals surface area contributed by atoms with Crippen LogP contribution in [0.1, 0.15) is 107 Å². The second-order valence-electron chi connectivity index (χ2n) is 11.0. The zero-order chi connectivity index (χ0) is 24.3. The molecule has 192 valence electrons. The van der Waals surface area contributed by atoms with Crippen molar-refractivity contribution in [1.29, 1.82) is 0 Å². The zero-order valence-electron chi connectivity index (χ0n) is 20.7. The highest BCUT2D eigenvalue weighted by molar-refractivity contribution is 5.48. The van der Waals surface area contributed by atoms with E-state index in [0.717, 1.165) is 43.4 Å². The van der Waals surface area contributed by atoms with E-state index in [1.165, 1.54) is 57.4 Å². The highest BCUT2D eigenvalue weighted by Gasteiger charge is 2.43. The van der Waals surface area contributed by atoms with Crippen LogP contribution in [0.3, 0.4) is 0 Å². The van der Waals surface area contributed by atoms with Crippen molar-refractivity contribution < 1.29 is 27.0 Å². The number of aryl methyl sites for hydroxylation is 1. The van der Waals surface area contributed by atoms with Gasteiger partial charge in [0.05, 0.1) is 13.2 Å². The summed E-state index contributed by atoms with van der Waals surface area (Å²) in [5.41, 5.74) is -0.969. The Hall–Kier alpha value is -1.30. The fourth-order valence-electron chi connectivity index (χ4n) is 6.36. The molecular formula is C28H40F4O2. The quantitative estimate of drug-likeness (QED) is 0.198. The molecule has 0 amide bonds. The molecule has 1 aliphatic heterocycles. The first-order valence-electron chi connectivity index (χ1n) is 13.4. The van der Waals surface area contributed by atoms with E-state index in [9.17, 15) is 17.6 Å². The fourth-order valence-corrected chi connectivity index (χ4v) is 6.36.